The highest BCUT2D eigenvalue weighted by Crippen LogP contribution is 2.38. The van der Waals surface area contributed by atoms with Crippen LogP contribution in [0.1, 0.15) is 53.9 Å². The first-order valence-electron chi connectivity index (χ1n) is 7.77. The summed E-state index contributed by atoms with van der Waals surface area (Å²) < 4.78 is 4.94. The molecule has 1 aromatic heterocycles. The summed E-state index contributed by atoms with van der Waals surface area (Å²) in [6, 6.07) is 8.88. The van der Waals surface area contributed by atoms with Crippen molar-refractivity contribution < 1.29 is 0 Å². The van der Waals surface area contributed by atoms with Gasteiger partial charge in [-0.1, -0.05) is 31.9 Å². The SMILES string of the molecule is CCCCC(C)(C)N(Sc1nc2ccccc2s1)C(C)C. The van der Waals surface area contributed by atoms with E-state index in [4.69, 9.17) is 4.98 Å². The first kappa shape index (κ1) is 16.8. The quantitative estimate of drug-likeness (QED) is 0.583. The monoisotopic (exact) mass is 322 g/mol. The van der Waals surface area contributed by atoms with E-state index in [0.29, 0.717) is 6.04 Å². The number of para-hydroxylation sites is 1. The van der Waals surface area contributed by atoms with Crippen molar-refractivity contribution in [2.75, 3.05) is 0 Å². The number of rotatable bonds is 7. The van der Waals surface area contributed by atoms with Gasteiger partial charge < -0.3 is 0 Å². The van der Waals surface area contributed by atoms with Crippen LogP contribution in [0.4, 0.5) is 0 Å². The van der Waals surface area contributed by atoms with Crippen molar-refractivity contribution in [3.63, 3.8) is 0 Å². The number of benzene rings is 1. The van der Waals surface area contributed by atoms with Gasteiger partial charge in [0.2, 0.25) is 0 Å². The summed E-state index contributed by atoms with van der Waals surface area (Å²) >= 11 is 3.61. The van der Waals surface area contributed by atoms with Crippen LogP contribution in [-0.4, -0.2) is 20.9 Å². The van der Waals surface area contributed by atoms with E-state index >= 15 is 0 Å². The molecular weight excluding hydrogens is 296 g/mol. The van der Waals surface area contributed by atoms with Gasteiger partial charge in [0.15, 0.2) is 4.34 Å². The third-order valence-corrected chi connectivity index (χ3v) is 6.32. The lowest BCUT2D eigenvalue weighted by molar-refractivity contribution is 0.193. The number of thiazole rings is 1. The molecule has 0 unspecified atom stereocenters. The zero-order chi connectivity index (χ0) is 15.5. The molecule has 0 fully saturated rings. The van der Waals surface area contributed by atoms with E-state index in [1.54, 1.807) is 11.3 Å². The number of fused-ring (bicyclic) bond motifs is 1. The summed E-state index contributed by atoms with van der Waals surface area (Å²) in [5.41, 5.74) is 1.30. The van der Waals surface area contributed by atoms with Crippen LogP contribution in [0.3, 0.4) is 0 Å². The van der Waals surface area contributed by atoms with Crippen molar-refractivity contribution in [3.05, 3.63) is 24.3 Å². The van der Waals surface area contributed by atoms with Crippen LogP contribution >= 0.6 is 23.3 Å². The molecular formula is C17H26N2S2. The summed E-state index contributed by atoms with van der Waals surface area (Å²) in [5, 5.41) is 0. The zero-order valence-corrected chi connectivity index (χ0v) is 15.4. The van der Waals surface area contributed by atoms with E-state index in [9.17, 15) is 0 Å². The van der Waals surface area contributed by atoms with Gasteiger partial charge in [0.25, 0.3) is 0 Å². The van der Waals surface area contributed by atoms with Crippen molar-refractivity contribution >= 4 is 33.5 Å². The third kappa shape index (κ3) is 4.21. The molecule has 0 bridgehead atoms. The molecule has 116 valence electrons. The first-order valence-corrected chi connectivity index (χ1v) is 9.36. The molecule has 2 nitrogen and oxygen atoms in total. The standard InChI is InChI=1S/C17H26N2S2/c1-6-7-12-17(4,5)19(13(2)3)21-16-18-14-10-8-9-11-15(14)20-16/h8-11,13H,6-7,12H2,1-5H3. The predicted octanol–water partition coefficient (Wildman–Crippen LogP) is 5.98. The first-order chi connectivity index (χ1) is 9.94. The summed E-state index contributed by atoms with van der Waals surface area (Å²) in [5.74, 6) is 0. The normalized spacial score (nSPS) is 12.7. The second-order valence-corrected chi connectivity index (χ2v) is 8.63. The van der Waals surface area contributed by atoms with Crippen molar-refractivity contribution in [3.8, 4) is 0 Å². The van der Waals surface area contributed by atoms with E-state index in [0.717, 1.165) is 9.86 Å². The van der Waals surface area contributed by atoms with Gasteiger partial charge >= 0.3 is 0 Å². The van der Waals surface area contributed by atoms with Crippen LogP contribution in [0.5, 0.6) is 0 Å². The maximum Gasteiger partial charge on any atom is 0.166 e. The van der Waals surface area contributed by atoms with Gasteiger partial charge in [0.1, 0.15) is 0 Å². The lowest BCUT2D eigenvalue weighted by Gasteiger charge is -2.39. The number of hydrogen-bond donors (Lipinski definition) is 0. The summed E-state index contributed by atoms with van der Waals surface area (Å²) in [6.07, 6.45) is 3.75. The molecule has 0 aliphatic rings. The van der Waals surface area contributed by atoms with Crippen molar-refractivity contribution in [1.82, 2.24) is 9.29 Å². The Morgan fingerprint density at radius 1 is 1.29 bits per heavy atom. The molecule has 2 aromatic rings. The van der Waals surface area contributed by atoms with Gasteiger partial charge in [-0.25, -0.2) is 9.29 Å². The molecule has 0 aliphatic carbocycles. The largest absolute Gasteiger partial charge is 0.236 e. The molecule has 1 aromatic carbocycles. The maximum absolute atomic E-state index is 4.77. The molecule has 0 saturated heterocycles. The van der Waals surface area contributed by atoms with Gasteiger partial charge in [0.05, 0.1) is 10.2 Å². The highest BCUT2D eigenvalue weighted by Gasteiger charge is 2.30. The second kappa shape index (κ2) is 7.12. The van der Waals surface area contributed by atoms with Crippen LogP contribution in [0.25, 0.3) is 10.2 Å². The van der Waals surface area contributed by atoms with Crippen LogP contribution < -0.4 is 0 Å². The number of unbranched alkanes of at least 4 members (excludes halogenated alkanes) is 1. The predicted molar refractivity (Wildman–Crippen MR) is 96.1 cm³/mol. The highest BCUT2D eigenvalue weighted by atomic mass is 32.2. The Balaban J connectivity index is 2.19. The lowest BCUT2D eigenvalue weighted by atomic mass is 9.96. The Kier molecular flexibility index (Phi) is 5.69. The zero-order valence-electron chi connectivity index (χ0n) is 13.7. The van der Waals surface area contributed by atoms with Crippen molar-refractivity contribution in [2.45, 2.75) is 69.8 Å². The van der Waals surface area contributed by atoms with Crippen molar-refractivity contribution in [1.29, 1.82) is 0 Å². The fourth-order valence-corrected chi connectivity index (χ4v) is 4.83. The molecule has 0 saturated carbocycles. The minimum atomic E-state index is 0.187. The molecule has 0 radical (unpaired) electrons. The molecule has 0 N–H and O–H groups in total. The fourth-order valence-electron chi connectivity index (χ4n) is 2.62. The number of aromatic nitrogens is 1. The average molecular weight is 323 g/mol. The van der Waals surface area contributed by atoms with Gasteiger partial charge in [-0.2, -0.15) is 0 Å². The Labute approximate surface area is 137 Å². The van der Waals surface area contributed by atoms with Crippen LogP contribution in [0, 0.1) is 0 Å². The van der Waals surface area contributed by atoms with Gasteiger partial charge in [-0.05, 0) is 58.2 Å². The molecule has 0 atom stereocenters. The molecule has 21 heavy (non-hydrogen) atoms. The molecule has 4 heteroatoms. The molecule has 0 spiro atoms. The number of nitrogens with zero attached hydrogens (tertiary/aromatic N) is 2. The van der Waals surface area contributed by atoms with E-state index in [1.807, 2.05) is 11.9 Å². The molecule has 0 aliphatic heterocycles. The topological polar surface area (TPSA) is 16.1 Å². The fraction of sp³-hybridized carbons (Fsp3) is 0.588. The summed E-state index contributed by atoms with van der Waals surface area (Å²) in [6.45, 7) is 11.5. The Hall–Kier alpha value is -0.580. The maximum atomic E-state index is 4.77. The molecule has 0 amide bonds. The molecule has 1 heterocycles. The average Bonchev–Trinajstić information content (AvgIpc) is 2.84. The minimum absolute atomic E-state index is 0.187. The summed E-state index contributed by atoms with van der Waals surface area (Å²) in [4.78, 5) is 4.77. The van der Waals surface area contributed by atoms with E-state index in [-0.39, 0.29) is 5.54 Å². The van der Waals surface area contributed by atoms with Gasteiger partial charge in [-0.3, -0.25) is 0 Å². The Morgan fingerprint density at radius 3 is 2.62 bits per heavy atom. The Morgan fingerprint density at radius 2 is 2.00 bits per heavy atom. The summed E-state index contributed by atoms with van der Waals surface area (Å²) in [7, 11) is 0. The van der Waals surface area contributed by atoms with Gasteiger partial charge in [0, 0.05) is 11.6 Å². The highest BCUT2D eigenvalue weighted by molar-refractivity contribution is 7.99. The number of hydrogen-bond acceptors (Lipinski definition) is 4. The minimum Gasteiger partial charge on any atom is -0.236 e. The van der Waals surface area contributed by atoms with Crippen LogP contribution in [0.2, 0.25) is 0 Å². The van der Waals surface area contributed by atoms with E-state index in [2.05, 4.69) is 63.2 Å². The van der Waals surface area contributed by atoms with Crippen LogP contribution in [-0.2, 0) is 0 Å². The lowest BCUT2D eigenvalue weighted by Crippen LogP contribution is -2.43. The smallest absolute Gasteiger partial charge is 0.166 e. The van der Waals surface area contributed by atoms with Crippen molar-refractivity contribution in [2.24, 2.45) is 0 Å². The van der Waals surface area contributed by atoms with Crippen LogP contribution in [0.15, 0.2) is 28.6 Å². The van der Waals surface area contributed by atoms with E-state index < -0.39 is 0 Å². The van der Waals surface area contributed by atoms with Gasteiger partial charge in [-0.15, -0.1) is 11.3 Å². The Bertz CT molecular complexity index is 542. The second-order valence-electron chi connectivity index (χ2n) is 6.37. The third-order valence-electron chi connectivity index (χ3n) is 3.66. The van der Waals surface area contributed by atoms with E-state index in [1.165, 1.54) is 24.0 Å². The molecule has 2 rings (SSSR count).